The smallest absolute Gasteiger partial charge is 0.317 e. The molecule has 1 atom stereocenters. The van der Waals surface area contributed by atoms with E-state index in [-0.39, 0.29) is 11.6 Å². The van der Waals surface area contributed by atoms with Crippen molar-refractivity contribution in [3.05, 3.63) is 33.9 Å². The van der Waals surface area contributed by atoms with Gasteiger partial charge in [0.05, 0.1) is 4.92 Å². The average Bonchev–Trinajstić information content (AvgIpc) is 2.26. The number of aliphatic carboxylic acids is 1. The van der Waals surface area contributed by atoms with Crippen LogP contribution in [-0.4, -0.2) is 21.2 Å². The van der Waals surface area contributed by atoms with Gasteiger partial charge in [-0.2, -0.15) is 0 Å². The second kappa shape index (κ2) is 5.86. The summed E-state index contributed by atoms with van der Waals surface area (Å²) in [6.45, 7) is 5.27. The van der Waals surface area contributed by atoms with E-state index < -0.39 is 16.1 Å². The van der Waals surface area contributed by atoms with E-state index in [1.807, 2.05) is 13.8 Å². The molecule has 18 heavy (non-hydrogen) atoms. The number of rotatable bonds is 5. The lowest BCUT2D eigenvalue weighted by Crippen LogP contribution is -2.22. The maximum atomic E-state index is 11.1. The van der Waals surface area contributed by atoms with Crippen LogP contribution in [0, 0.1) is 23.0 Å². The monoisotopic (exact) mass is 269 g/mol. The summed E-state index contributed by atoms with van der Waals surface area (Å²) in [6.07, 6.45) is 0. The van der Waals surface area contributed by atoms with E-state index in [2.05, 4.69) is 0 Å². The summed E-state index contributed by atoms with van der Waals surface area (Å²) in [4.78, 5) is 22.1. The summed E-state index contributed by atoms with van der Waals surface area (Å²) >= 11 is 1.16. The van der Waals surface area contributed by atoms with Crippen molar-refractivity contribution in [3.8, 4) is 0 Å². The van der Waals surface area contributed by atoms with Crippen LogP contribution in [0.3, 0.4) is 0 Å². The first kappa shape index (κ1) is 14.5. The maximum Gasteiger partial charge on any atom is 0.317 e. The molecular weight excluding hydrogens is 254 g/mol. The third-order valence-electron chi connectivity index (χ3n) is 2.56. The second-order valence-electron chi connectivity index (χ2n) is 4.28. The largest absolute Gasteiger partial charge is 0.480 e. The van der Waals surface area contributed by atoms with Gasteiger partial charge in [-0.25, -0.2) is 0 Å². The van der Waals surface area contributed by atoms with Gasteiger partial charge < -0.3 is 5.11 Å². The molecule has 0 bridgehead atoms. The highest BCUT2D eigenvalue weighted by atomic mass is 32.2. The molecule has 1 rings (SSSR count). The van der Waals surface area contributed by atoms with Crippen molar-refractivity contribution in [1.82, 2.24) is 0 Å². The Kier molecular flexibility index (Phi) is 4.72. The standard InChI is InChI=1S/C12H15NO4S/c1-7(2)11(12(14)15)18-10-6-4-5-9(8(10)3)13(16)17/h4-7,11H,1-3H3,(H,14,15). The van der Waals surface area contributed by atoms with Gasteiger partial charge in [-0.05, 0) is 18.9 Å². The molecule has 0 aliphatic carbocycles. The fourth-order valence-corrected chi connectivity index (χ4v) is 2.62. The predicted molar refractivity (Wildman–Crippen MR) is 70.0 cm³/mol. The Morgan fingerprint density at radius 3 is 2.50 bits per heavy atom. The van der Waals surface area contributed by atoms with Gasteiger partial charge in [0.15, 0.2) is 0 Å². The van der Waals surface area contributed by atoms with Gasteiger partial charge in [-0.15, -0.1) is 11.8 Å². The molecule has 6 heteroatoms. The summed E-state index contributed by atoms with van der Waals surface area (Å²) in [5, 5.41) is 19.3. The molecular formula is C12H15NO4S. The molecule has 5 nitrogen and oxygen atoms in total. The second-order valence-corrected chi connectivity index (χ2v) is 5.46. The molecule has 0 aliphatic heterocycles. The van der Waals surface area contributed by atoms with Crippen molar-refractivity contribution >= 4 is 23.4 Å². The third kappa shape index (κ3) is 3.22. The van der Waals surface area contributed by atoms with E-state index in [4.69, 9.17) is 5.11 Å². The topological polar surface area (TPSA) is 80.4 Å². The summed E-state index contributed by atoms with van der Waals surface area (Å²) < 4.78 is 0. The van der Waals surface area contributed by atoms with Crippen LogP contribution in [0.15, 0.2) is 23.1 Å². The highest BCUT2D eigenvalue weighted by Crippen LogP contribution is 2.34. The number of nitro benzene ring substituents is 1. The maximum absolute atomic E-state index is 11.1. The number of hydrogen-bond acceptors (Lipinski definition) is 4. The van der Waals surface area contributed by atoms with E-state index in [9.17, 15) is 14.9 Å². The lowest BCUT2D eigenvalue weighted by molar-refractivity contribution is -0.385. The van der Waals surface area contributed by atoms with Gasteiger partial charge in [0, 0.05) is 16.5 Å². The van der Waals surface area contributed by atoms with Crippen molar-refractivity contribution in [2.45, 2.75) is 30.9 Å². The Labute approximate surface area is 109 Å². The SMILES string of the molecule is Cc1c(SC(C(=O)O)C(C)C)cccc1[N+](=O)[O-]. The molecule has 1 aromatic rings. The molecule has 0 saturated carbocycles. The van der Waals surface area contributed by atoms with Crippen molar-refractivity contribution < 1.29 is 14.8 Å². The lowest BCUT2D eigenvalue weighted by atomic mass is 10.1. The summed E-state index contributed by atoms with van der Waals surface area (Å²) in [7, 11) is 0. The zero-order valence-electron chi connectivity index (χ0n) is 10.4. The molecule has 0 amide bonds. The highest BCUT2D eigenvalue weighted by molar-refractivity contribution is 8.00. The number of benzene rings is 1. The number of thioether (sulfide) groups is 1. The third-order valence-corrected chi connectivity index (χ3v) is 4.25. The number of carboxylic acid groups (broad SMARTS) is 1. The highest BCUT2D eigenvalue weighted by Gasteiger charge is 2.25. The Balaban J connectivity index is 3.07. The van der Waals surface area contributed by atoms with Crippen molar-refractivity contribution in [2.75, 3.05) is 0 Å². The Morgan fingerprint density at radius 1 is 1.44 bits per heavy atom. The van der Waals surface area contributed by atoms with Crippen LogP contribution < -0.4 is 0 Å². The van der Waals surface area contributed by atoms with Gasteiger partial charge in [-0.1, -0.05) is 19.9 Å². The van der Waals surface area contributed by atoms with Crippen LogP contribution in [-0.2, 0) is 4.79 Å². The summed E-state index contributed by atoms with van der Waals surface area (Å²) in [6, 6.07) is 4.71. The molecule has 0 aromatic heterocycles. The fraction of sp³-hybridized carbons (Fsp3) is 0.417. The van der Waals surface area contributed by atoms with E-state index in [1.165, 1.54) is 6.07 Å². The van der Waals surface area contributed by atoms with Gasteiger partial charge in [-0.3, -0.25) is 14.9 Å². The van der Waals surface area contributed by atoms with Crippen molar-refractivity contribution in [2.24, 2.45) is 5.92 Å². The van der Waals surface area contributed by atoms with Crippen LogP contribution in [0.2, 0.25) is 0 Å². The van der Waals surface area contributed by atoms with E-state index in [0.29, 0.717) is 10.5 Å². The average molecular weight is 269 g/mol. The first-order chi connectivity index (χ1) is 8.34. The molecule has 0 spiro atoms. The van der Waals surface area contributed by atoms with Crippen molar-refractivity contribution in [3.63, 3.8) is 0 Å². The number of carboxylic acids is 1. The quantitative estimate of drug-likeness (QED) is 0.504. The minimum absolute atomic E-state index is 0.0212. The van der Waals surface area contributed by atoms with Crippen LogP contribution in [0.25, 0.3) is 0 Å². The molecule has 0 heterocycles. The van der Waals surface area contributed by atoms with Gasteiger partial charge in [0.1, 0.15) is 5.25 Å². The Bertz CT molecular complexity index is 473. The number of nitro groups is 1. The normalized spacial score (nSPS) is 12.4. The molecule has 0 aliphatic rings. The number of nitrogens with zero attached hydrogens (tertiary/aromatic N) is 1. The molecule has 1 aromatic carbocycles. The molecule has 0 fully saturated rings. The predicted octanol–water partition coefficient (Wildman–Crippen LogP) is 3.10. The van der Waals surface area contributed by atoms with Crippen molar-refractivity contribution in [1.29, 1.82) is 0 Å². The molecule has 98 valence electrons. The number of hydrogen-bond donors (Lipinski definition) is 1. The van der Waals surface area contributed by atoms with Crippen LogP contribution in [0.5, 0.6) is 0 Å². The first-order valence-electron chi connectivity index (χ1n) is 5.48. The molecule has 0 radical (unpaired) electrons. The minimum atomic E-state index is -0.902. The lowest BCUT2D eigenvalue weighted by Gasteiger charge is -2.16. The van der Waals surface area contributed by atoms with Crippen LogP contribution >= 0.6 is 11.8 Å². The Morgan fingerprint density at radius 2 is 2.06 bits per heavy atom. The molecule has 1 unspecified atom stereocenters. The summed E-state index contributed by atoms with van der Waals surface area (Å²) in [5.74, 6) is -0.952. The van der Waals surface area contributed by atoms with E-state index in [1.54, 1.807) is 19.1 Å². The summed E-state index contributed by atoms with van der Waals surface area (Å²) in [5.41, 5.74) is 0.535. The van der Waals surface area contributed by atoms with Crippen LogP contribution in [0.4, 0.5) is 5.69 Å². The van der Waals surface area contributed by atoms with E-state index >= 15 is 0 Å². The molecule has 1 N–H and O–H groups in total. The zero-order chi connectivity index (χ0) is 13.9. The van der Waals surface area contributed by atoms with Crippen LogP contribution in [0.1, 0.15) is 19.4 Å². The fourth-order valence-electron chi connectivity index (χ4n) is 1.54. The van der Waals surface area contributed by atoms with Gasteiger partial charge in [0.2, 0.25) is 0 Å². The first-order valence-corrected chi connectivity index (χ1v) is 6.36. The number of carbonyl (C=O) groups is 1. The molecule has 0 saturated heterocycles. The Hall–Kier alpha value is -1.56. The zero-order valence-corrected chi connectivity index (χ0v) is 11.2. The minimum Gasteiger partial charge on any atom is -0.480 e. The van der Waals surface area contributed by atoms with Gasteiger partial charge in [0.25, 0.3) is 5.69 Å². The van der Waals surface area contributed by atoms with Gasteiger partial charge >= 0.3 is 5.97 Å². The van der Waals surface area contributed by atoms with E-state index in [0.717, 1.165) is 11.8 Å².